The van der Waals surface area contributed by atoms with Crippen LogP contribution in [0.1, 0.15) is 57.2 Å². The Morgan fingerprint density at radius 2 is 1.72 bits per heavy atom. The third-order valence-electron chi connectivity index (χ3n) is 6.40. The SMILES string of the molecule is CCCC(OC)(OC)c1nc(Cc2ccc(-c3ccccc3-c3nnn[nH]3)cc2)n(CCC(C)C)n1. The first-order chi connectivity index (χ1) is 17.5. The minimum atomic E-state index is -0.935. The first-order valence-electron chi connectivity index (χ1n) is 12.5. The molecule has 4 aromatic rings. The van der Waals surface area contributed by atoms with E-state index in [4.69, 9.17) is 19.6 Å². The number of hydrogen-bond acceptors (Lipinski definition) is 7. The van der Waals surface area contributed by atoms with Crippen LogP contribution in [0.25, 0.3) is 22.5 Å². The van der Waals surface area contributed by atoms with Crippen LogP contribution in [0.15, 0.2) is 48.5 Å². The second-order valence-corrected chi connectivity index (χ2v) is 9.34. The number of nitrogens with zero attached hydrogens (tertiary/aromatic N) is 6. The van der Waals surface area contributed by atoms with E-state index >= 15 is 0 Å². The fourth-order valence-electron chi connectivity index (χ4n) is 4.34. The molecule has 0 unspecified atom stereocenters. The molecule has 0 aliphatic heterocycles. The van der Waals surface area contributed by atoms with E-state index in [1.165, 1.54) is 0 Å². The normalized spacial score (nSPS) is 11.9. The van der Waals surface area contributed by atoms with Gasteiger partial charge in [-0.2, -0.15) is 5.10 Å². The van der Waals surface area contributed by atoms with Gasteiger partial charge in [0.1, 0.15) is 5.82 Å². The zero-order chi connectivity index (χ0) is 25.5. The van der Waals surface area contributed by atoms with E-state index in [0.29, 0.717) is 30.4 Å². The smallest absolute Gasteiger partial charge is 0.231 e. The Labute approximate surface area is 212 Å². The predicted octanol–water partition coefficient (Wildman–Crippen LogP) is 5.01. The molecule has 1 N–H and O–H groups in total. The zero-order valence-corrected chi connectivity index (χ0v) is 21.7. The second-order valence-electron chi connectivity index (χ2n) is 9.34. The number of rotatable bonds is 12. The number of H-pyrrole nitrogens is 1. The molecule has 0 radical (unpaired) electrons. The van der Waals surface area contributed by atoms with E-state index in [1.54, 1.807) is 14.2 Å². The van der Waals surface area contributed by atoms with Crippen molar-refractivity contribution < 1.29 is 9.47 Å². The number of hydrogen-bond donors (Lipinski definition) is 1. The summed E-state index contributed by atoms with van der Waals surface area (Å²) >= 11 is 0. The predicted molar refractivity (Wildman–Crippen MR) is 138 cm³/mol. The Hall–Kier alpha value is -3.43. The van der Waals surface area contributed by atoms with Gasteiger partial charge in [-0.15, -0.1) is 5.10 Å². The van der Waals surface area contributed by atoms with Crippen molar-refractivity contribution in [3.63, 3.8) is 0 Å². The van der Waals surface area contributed by atoms with E-state index in [-0.39, 0.29) is 0 Å². The van der Waals surface area contributed by atoms with Gasteiger partial charge in [-0.25, -0.2) is 14.8 Å². The standard InChI is InChI=1S/C27H35N7O2/c1-6-16-27(35-4,36-5)26-28-24(34(31-26)17-15-19(2)3)18-20-11-13-21(14-12-20)22-9-7-8-10-23(22)25-29-32-33-30-25/h7-14,19H,6,15-18H2,1-5H3,(H,29,30,32,33). The molecule has 2 aromatic heterocycles. The van der Waals surface area contributed by atoms with Crippen molar-refractivity contribution in [2.24, 2.45) is 5.92 Å². The quantitative estimate of drug-likeness (QED) is 0.279. The van der Waals surface area contributed by atoms with Gasteiger partial charge in [0, 0.05) is 39.2 Å². The monoisotopic (exact) mass is 489 g/mol. The van der Waals surface area contributed by atoms with Gasteiger partial charge in [0.15, 0.2) is 5.82 Å². The highest BCUT2D eigenvalue weighted by atomic mass is 16.7. The highest BCUT2D eigenvalue weighted by Crippen LogP contribution is 2.31. The number of ether oxygens (including phenoxy) is 2. The average Bonchev–Trinajstić information content (AvgIpc) is 3.57. The highest BCUT2D eigenvalue weighted by molar-refractivity contribution is 5.80. The Kier molecular flexibility index (Phi) is 8.22. The van der Waals surface area contributed by atoms with Crippen LogP contribution in [0.5, 0.6) is 0 Å². The molecule has 36 heavy (non-hydrogen) atoms. The number of methoxy groups -OCH3 is 2. The summed E-state index contributed by atoms with van der Waals surface area (Å²) in [5.41, 5.74) is 4.26. The lowest BCUT2D eigenvalue weighted by Crippen LogP contribution is -2.32. The highest BCUT2D eigenvalue weighted by Gasteiger charge is 2.36. The van der Waals surface area contributed by atoms with E-state index < -0.39 is 5.79 Å². The summed E-state index contributed by atoms with van der Waals surface area (Å²) in [5.74, 6) is 1.76. The lowest BCUT2D eigenvalue weighted by molar-refractivity contribution is -0.225. The number of aromatic nitrogens is 7. The molecular formula is C27H35N7O2. The van der Waals surface area contributed by atoms with Crippen molar-refractivity contribution in [3.05, 3.63) is 65.7 Å². The number of aryl methyl sites for hydroxylation is 1. The van der Waals surface area contributed by atoms with Gasteiger partial charge in [0.2, 0.25) is 11.6 Å². The van der Waals surface area contributed by atoms with Gasteiger partial charge >= 0.3 is 0 Å². The van der Waals surface area contributed by atoms with Crippen LogP contribution in [0.2, 0.25) is 0 Å². The molecule has 0 bridgehead atoms. The van der Waals surface area contributed by atoms with Crippen molar-refractivity contribution >= 4 is 0 Å². The van der Waals surface area contributed by atoms with Crippen LogP contribution in [-0.2, 0) is 28.2 Å². The maximum Gasteiger partial charge on any atom is 0.231 e. The molecule has 0 aliphatic rings. The lowest BCUT2D eigenvalue weighted by atomic mass is 9.98. The molecule has 9 heteroatoms. The molecule has 2 aromatic carbocycles. The molecule has 0 saturated carbocycles. The topological polar surface area (TPSA) is 104 Å². The van der Waals surface area contributed by atoms with Crippen LogP contribution in [0.3, 0.4) is 0 Å². The molecule has 0 spiro atoms. The van der Waals surface area contributed by atoms with Gasteiger partial charge in [-0.1, -0.05) is 75.7 Å². The Morgan fingerprint density at radius 3 is 2.33 bits per heavy atom. The fourth-order valence-corrected chi connectivity index (χ4v) is 4.34. The first kappa shape index (κ1) is 25.7. The van der Waals surface area contributed by atoms with Crippen LogP contribution >= 0.6 is 0 Å². The average molecular weight is 490 g/mol. The number of nitrogens with one attached hydrogen (secondary N) is 1. The molecule has 2 heterocycles. The minimum Gasteiger partial charge on any atom is -0.347 e. The molecule has 0 fully saturated rings. The Balaban J connectivity index is 1.62. The van der Waals surface area contributed by atoms with Gasteiger partial charge in [-0.05, 0) is 39.5 Å². The molecular weight excluding hydrogens is 454 g/mol. The van der Waals surface area contributed by atoms with Crippen molar-refractivity contribution in [3.8, 4) is 22.5 Å². The summed E-state index contributed by atoms with van der Waals surface area (Å²) in [7, 11) is 3.30. The van der Waals surface area contributed by atoms with Gasteiger partial charge < -0.3 is 9.47 Å². The largest absolute Gasteiger partial charge is 0.347 e. The van der Waals surface area contributed by atoms with Crippen molar-refractivity contribution in [2.75, 3.05) is 14.2 Å². The van der Waals surface area contributed by atoms with Crippen molar-refractivity contribution in [1.29, 1.82) is 0 Å². The minimum absolute atomic E-state index is 0.565. The van der Waals surface area contributed by atoms with Gasteiger partial charge in [0.05, 0.1) is 0 Å². The first-order valence-corrected chi connectivity index (χ1v) is 12.5. The molecule has 0 atom stereocenters. The summed E-state index contributed by atoms with van der Waals surface area (Å²) in [6.07, 6.45) is 3.25. The van der Waals surface area contributed by atoms with Gasteiger partial charge in [0.25, 0.3) is 0 Å². The van der Waals surface area contributed by atoms with Crippen LogP contribution in [0.4, 0.5) is 0 Å². The molecule has 0 amide bonds. The van der Waals surface area contributed by atoms with Crippen molar-refractivity contribution in [1.82, 2.24) is 35.4 Å². The third-order valence-corrected chi connectivity index (χ3v) is 6.40. The molecule has 4 rings (SSSR count). The molecule has 9 nitrogen and oxygen atoms in total. The van der Waals surface area contributed by atoms with E-state index in [1.807, 2.05) is 22.9 Å². The van der Waals surface area contributed by atoms with Crippen LogP contribution in [-0.4, -0.2) is 49.6 Å². The summed E-state index contributed by atoms with van der Waals surface area (Å²) in [6, 6.07) is 16.6. The molecule has 190 valence electrons. The number of tetrazole rings is 1. The van der Waals surface area contributed by atoms with Gasteiger partial charge in [-0.3, -0.25) is 0 Å². The summed E-state index contributed by atoms with van der Waals surface area (Å²) in [5, 5.41) is 19.2. The molecule has 0 aliphatic carbocycles. The zero-order valence-electron chi connectivity index (χ0n) is 21.7. The second kappa shape index (κ2) is 11.5. The van der Waals surface area contributed by atoms with Crippen molar-refractivity contribution in [2.45, 2.75) is 58.8 Å². The molecule has 0 saturated heterocycles. The number of aromatic amines is 1. The van der Waals surface area contributed by atoms with E-state index in [0.717, 1.165) is 47.5 Å². The maximum absolute atomic E-state index is 5.79. The third kappa shape index (κ3) is 5.52. The van der Waals surface area contributed by atoms with E-state index in [9.17, 15) is 0 Å². The van der Waals surface area contributed by atoms with Crippen LogP contribution in [0, 0.1) is 5.92 Å². The summed E-state index contributed by atoms with van der Waals surface area (Å²) in [6.45, 7) is 7.33. The maximum atomic E-state index is 5.79. The van der Waals surface area contributed by atoms with E-state index in [2.05, 4.69) is 71.7 Å². The Bertz CT molecular complexity index is 1230. The summed E-state index contributed by atoms with van der Waals surface area (Å²) in [4.78, 5) is 4.92. The Morgan fingerprint density at radius 1 is 1.00 bits per heavy atom. The lowest BCUT2D eigenvalue weighted by Gasteiger charge is -2.27. The number of benzene rings is 2. The van der Waals surface area contributed by atoms with Crippen LogP contribution < -0.4 is 0 Å². The fraction of sp³-hybridized carbons (Fsp3) is 0.444. The summed E-state index contributed by atoms with van der Waals surface area (Å²) < 4.78 is 13.6.